The third kappa shape index (κ3) is 3.87. The summed E-state index contributed by atoms with van der Waals surface area (Å²) in [5, 5.41) is 10.4. The molecule has 2 saturated heterocycles. The Morgan fingerprint density at radius 1 is 1.21 bits per heavy atom. The standard InChI is InChI=1S/C21H29ClFN3O2/c1-15-20(28)25(11-12-26(15)16-3-4-18(23)17(22)13-16)9-2-8-24-10-7-21(5-6-21)19(27)14-24/h3-4,13,15,19,27H,2,5-12,14H2,1H3/t15?,19-/m1/s1. The molecule has 0 radical (unpaired) electrons. The van der Waals surface area contributed by atoms with Gasteiger partial charge in [0.25, 0.3) is 0 Å². The van der Waals surface area contributed by atoms with E-state index in [4.69, 9.17) is 11.6 Å². The van der Waals surface area contributed by atoms with Gasteiger partial charge in [-0.15, -0.1) is 0 Å². The molecule has 154 valence electrons. The molecule has 3 fully saturated rings. The molecule has 2 heterocycles. The Balaban J connectivity index is 1.26. The monoisotopic (exact) mass is 409 g/mol. The van der Waals surface area contributed by atoms with Gasteiger partial charge in [0.2, 0.25) is 5.91 Å². The van der Waals surface area contributed by atoms with Crippen molar-refractivity contribution in [3.8, 4) is 0 Å². The maximum atomic E-state index is 13.4. The number of hydrogen-bond acceptors (Lipinski definition) is 4. The van der Waals surface area contributed by atoms with Crippen LogP contribution in [0.2, 0.25) is 5.02 Å². The summed E-state index contributed by atoms with van der Waals surface area (Å²) in [5.41, 5.74) is 1.02. The number of rotatable bonds is 5. The van der Waals surface area contributed by atoms with Crippen LogP contribution in [0.15, 0.2) is 18.2 Å². The number of hydrogen-bond donors (Lipinski definition) is 1. The van der Waals surface area contributed by atoms with E-state index in [0.29, 0.717) is 13.1 Å². The van der Waals surface area contributed by atoms with E-state index >= 15 is 0 Å². The van der Waals surface area contributed by atoms with Crippen LogP contribution in [0.1, 0.15) is 32.6 Å². The zero-order valence-electron chi connectivity index (χ0n) is 16.4. The van der Waals surface area contributed by atoms with E-state index in [1.54, 1.807) is 12.1 Å². The highest BCUT2D eigenvalue weighted by Crippen LogP contribution is 2.53. The van der Waals surface area contributed by atoms with Crippen molar-refractivity contribution in [3.05, 3.63) is 29.0 Å². The van der Waals surface area contributed by atoms with Crippen LogP contribution in [0, 0.1) is 11.2 Å². The first-order chi connectivity index (χ1) is 13.4. The van der Waals surface area contributed by atoms with Gasteiger partial charge in [0.1, 0.15) is 11.9 Å². The largest absolute Gasteiger partial charge is 0.391 e. The summed E-state index contributed by atoms with van der Waals surface area (Å²) in [6.07, 6.45) is 4.19. The topological polar surface area (TPSA) is 47.0 Å². The van der Waals surface area contributed by atoms with Gasteiger partial charge < -0.3 is 19.8 Å². The summed E-state index contributed by atoms with van der Waals surface area (Å²) in [7, 11) is 0. The molecule has 1 amide bonds. The maximum absolute atomic E-state index is 13.4. The molecule has 7 heteroatoms. The van der Waals surface area contributed by atoms with E-state index in [0.717, 1.165) is 44.7 Å². The third-order valence-electron chi connectivity index (χ3n) is 6.84. The number of aliphatic hydroxyl groups excluding tert-OH is 1. The van der Waals surface area contributed by atoms with Crippen LogP contribution in [0.3, 0.4) is 0 Å². The Hall–Kier alpha value is -1.37. The first-order valence-corrected chi connectivity index (χ1v) is 10.7. The molecule has 1 aromatic carbocycles. The summed E-state index contributed by atoms with van der Waals surface area (Å²) < 4.78 is 13.4. The molecular weight excluding hydrogens is 381 g/mol. The fourth-order valence-corrected chi connectivity index (χ4v) is 4.85. The minimum absolute atomic E-state index is 0.0799. The van der Waals surface area contributed by atoms with Gasteiger partial charge in [-0.1, -0.05) is 11.6 Å². The quantitative estimate of drug-likeness (QED) is 0.812. The Labute approximate surface area is 171 Å². The molecule has 1 saturated carbocycles. The number of benzene rings is 1. The lowest BCUT2D eigenvalue weighted by Gasteiger charge is -2.41. The summed E-state index contributed by atoms with van der Waals surface area (Å²) in [6.45, 7) is 6.73. The fraction of sp³-hybridized carbons (Fsp3) is 0.667. The van der Waals surface area contributed by atoms with E-state index < -0.39 is 5.82 Å². The van der Waals surface area contributed by atoms with E-state index in [9.17, 15) is 14.3 Å². The van der Waals surface area contributed by atoms with E-state index in [1.807, 2.05) is 16.7 Å². The minimum atomic E-state index is -0.446. The third-order valence-corrected chi connectivity index (χ3v) is 7.13. The van der Waals surface area contributed by atoms with Gasteiger partial charge in [-0.25, -0.2) is 4.39 Å². The highest BCUT2D eigenvalue weighted by molar-refractivity contribution is 6.31. The van der Waals surface area contributed by atoms with Gasteiger partial charge in [-0.2, -0.15) is 0 Å². The molecule has 28 heavy (non-hydrogen) atoms. The van der Waals surface area contributed by atoms with Crippen molar-refractivity contribution in [1.29, 1.82) is 0 Å². The number of halogens is 2. The number of carbonyl (C=O) groups is 1. The second kappa shape index (κ2) is 7.81. The molecule has 3 aliphatic rings. The van der Waals surface area contributed by atoms with Gasteiger partial charge in [0.05, 0.1) is 11.1 Å². The minimum Gasteiger partial charge on any atom is -0.391 e. The van der Waals surface area contributed by atoms with Gasteiger partial charge >= 0.3 is 0 Å². The van der Waals surface area contributed by atoms with Crippen LogP contribution in [-0.2, 0) is 4.79 Å². The van der Waals surface area contributed by atoms with Crippen LogP contribution in [0.4, 0.5) is 10.1 Å². The lowest BCUT2D eigenvalue weighted by atomic mass is 9.90. The number of β-amino-alcohol motifs (C(OH)–C–C–N with tert-alkyl or cyclic N) is 1. The molecule has 0 aromatic heterocycles. The van der Waals surface area contributed by atoms with Crippen LogP contribution >= 0.6 is 11.6 Å². The zero-order valence-corrected chi connectivity index (χ0v) is 17.2. The summed E-state index contributed by atoms with van der Waals surface area (Å²) >= 11 is 5.90. The van der Waals surface area contributed by atoms with Crippen molar-refractivity contribution < 1.29 is 14.3 Å². The highest BCUT2D eigenvalue weighted by atomic mass is 35.5. The molecule has 4 rings (SSSR count). The van der Waals surface area contributed by atoms with Crippen molar-refractivity contribution in [3.63, 3.8) is 0 Å². The number of likely N-dealkylation sites (tertiary alicyclic amines) is 1. The molecule has 5 nitrogen and oxygen atoms in total. The molecule has 1 unspecified atom stereocenters. The zero-order chi connectivity index (χ0) is 19.9. The Morgan fingerprint density at radius 3 is 2.68 bits per heavy atom. The smallest absolute Gasteiger partial charge is 0.245 e. The molecule has 1 aliphatic carbocycles. The number of nitrogens with zero attached hydrogens (tertiary/aromatic N) is 3. The molecule has 1 spiro atoms. The summed E-state index contributed by atoms with van der Waals surface area (Å²) in [5.74, 6) is -0.347. The normalized spacial score (nSPS) is 27.5. The Morgan fingerprint density at radius 2 is 2.00 bits per heavy atom. The first kappa shape index (κ1) is 19.9. The van der Waals surface area contributed by atoms with Crippen molar-refractivity contribution in [2.75, 3.05) is 44.2 Å². The highest BCUT2D eigenvalue weighted by Gasteiger charge is 2.51. The molecule has 0 bridgehead atoms. The number of amides is 1. The predicted octanol–water partition coefficient (Wildman–Crippen LogP) is 2.75. The molecule has 1 N–H and O–H groups in total. The average molecular weight is 410 g/mol. The predicted molar refractivity (Wildman–Crippen MR) is 108 cm³/mol. The summed E-state index contributed by atoms with van der Waals surface area (Å²) in [6, 6.07) is 4.32. The number of carbonyl (C=O) groups excluding carboxylic acids is 1. The molecule has 2 atom stereocenters. The van der Waals surface area contributed by atoms with E-state index in [-0.39, 0.29) is 28.5 Å². The van der Waals surface area contributed by atoms with E-state index in [2.05, 4.69) is 4.90 Å². The van der Waals surface area contributed by atoms with Crippen molar-refractivity contribution in [2.24, 2.45) is 5.41 Å². The van der Waals surface area contributed by atoms with Crippen LogP contribution < -0.4 is 4.90 Å². The van der Waals surface area contributed by atoms with E-state index in [1.165, 1.54) is 18.9 Å². The second-order valence-electron chi connectivity index (χ2n) is 8.58. The van der Waals surface area contributed by atoms with Gasteiger partial charge in [-0.3, -0.25) is 4.79 Å². The van der Waals surface area contributed by atoms with Crippen molar-refractivity contribution in [2.45, 2.75) is 44.8 Å². The molecular formula is C21H29ClFN3O2. The summed E-state index contributed by atoms with van der Waals surface area (Å²) in [4.78, 5) is 19.1. The van der Waals surface area contributed by atoms with Crippen molar-refractivity contribution in [1.82, 2.24) is 9.80 Å². The average Bonchev–Trinajstić information content (AvgIpc) is 3.45. The SMILES string of the molecule is CC1C(=O)N(CCCN2CCC3(CC3)[C@H](O)C2)CCN1c1ccc(F)c(Cl)c1. The van der Waals surface area contributed by atoms with Gasteiger partial charge in [-0.05, 0) is 69.3 Å². The molecule has 2 aliphatic heterocycles. The van der Waals surface area contributed by atoms with Crippen LogP contribution in [0.5, 0.6) is 0 Å². The lowest BCUT2D eigenvalue weighted by Crippen LogP contribution is -2.56. The van der Waals surface area contributed by atoms with Gasteiger partial charge in [0, 0.05) is 31.9 Å². The van der Waals surface area contributed by atoms with Crippen LogP contribution in [0.25, 0.3) is 0 Å². The number of aliphatic hydroxyl groups is 1. The van der Waals surface area contributed by atoms with Gasteiger partial charge in [0.15, 0.2) is 0 Å². The van der Waals surface area contributed by atoms with Crippen LogP contribution in [-0.4, -0.2) is 72.2 Å². The Bertz CT molecular complexity index is 742. The fourth-order valence-electron chi connectivity index (χ4n) is 4.68. The van der Waals surface area contributed by atoms with Crippen molar-refractivity contribution >= 4 is 23.2 Å². The number of anilines is 1. The molecule has 1 aromatic rings. The Kier molecular flexibility index (Phi) is 5.55. The maximum Gasteiger partial charge on any atom is 0.245 e. The number of piperazine rings is 1. The number of piperidine rings is 1. The first-order valence-electron chi connectivity index (χ1n) is 10.3. The lowest BCUT2D eigenvalue weighted by molar-refractivity contribution is -0.134. The second-order valence-corrected chi connectivity index (χ2v) is 8.98.